The van der Waals surface area contributed by atoms with Gasteiger partial charge in [0.05, 0.1) is 5.25 Å². The van der Waals surface area contributed by atoms with Crippen LogP contribution in [0, 0.1) is 18.3 Å². The van der Waals surface area contributed by atoms with Gasteiger partial charge in [-0.2, -0.15) is 5.26 Å². The number of benzene rings is 2. The number of thioether (sulfide) groups is 1. The Kier molecular flexibility index (Phi) is 6.78. The maximum atomic E-state index is 13.5. The number of aryl methyl sites for hydroxylation is 1. The molecule has 0 saturated carbocycles. The van der Waals surface area contributed by atoms with Crippen LogP contribution in [0.2, 0.25) is 5.02 Å². The lowest BCUT2D eigenvalue weighted by atomic mass is 10.1. The molecule has 1 unspecified atom stereocenters. The van der Waals surface area contributed by atoms with Crippen LogP contribution in [0.3, 0.4) is 0 Å². The quantitative estimate of drug-likeness (QED) is 0.410. The van der Waals surface area contributed by atoms with E-state index in [0.29, 0.717) is 28.0 Å². The van der Waals surface area contributed by atoms with E-state index in [0.717, 1.165) is 11.1 Å². The third kappa shape index (κ3) is 4.92. The molecule has 1 aliphatic heterocycles. The van der Waals surface area contributed by atoms with Gasteiger partial charge >= 0.3 is 0 Å². The van der Waals surface area contributed by atoms with E-state index in [1.165, 1.54) is 16.7 Å². The van der Waals surface area contributed by atoms with Gasteiger partial charge in [-0.05, 0) is 54.8 Å². The maximum Gasteiger partial charge on any atom is 0.270 e. The van der Waals surface area contributed by atoms with Crippen LogP contribution in [0.15, 0.2) is 83.5 Å². The number of rotatable bonds is 5. The van der Waals surface area contributed by atoms with Crippen molar-refractivity contribution in [2.24, 2.45) is 0 Å². The minimum atomic E-state index is -0.619. The molecule has 0 aliphatic carbocycles. The first-order chi connectivity index (χ1) is 16.0. The fourth-order valence-electron chi connectivity index (χ4n) is 3.39. The molecule has 1 fully saturated rings. The van der Waals surface area contributed by atoms with Crippen molar-refractivity contribution in [3.05, 3.63) is 99.7 Å². The number of nitrogens with zero attached hydrogens (tertiary/aromatic N) is 3. The van der Waals surface area contributed by atoms with Gasteiger partial charge in [-0.25, -0.2) is 4.98 Å². The SMILES string of the molecule is Cc1ccc(CC2SC(=C(C#N)C(=O)Nc3ccccn3)N(c3ccccc3)C2=O)cc1Cl. The van der Waals surface area contributed by atoms with Crippen molar-refractivity contribution >= 4 is 46.7 Å². The van der Waals surface area contributed by atoms with Gasteiger partial charge < -0.3 is 5.32 Å². The normalized spacial score (nSPS) is 16.9. The van der Waals surface area contributed by atoms with Gasteiger partial charge in [0.2, 0.25) is 5.91 Å². The Hall–Kier alpha value is -3.60. The van der Waals surface area contributed by atoms with E-state index in [-0.39, 0.29) is 11.5 Å². The molecule has 0 radical (unpaired) electrons. The second kappa shape index (κ2) is 9.90. The van der Waals surface area contributed by atoms with Crippen LogP contribution in [-0.4, -0.2) is 22.0 Å². The van der Waals surface area contributed by atoms with Gasteiger partial charge in [0.15, 0.2) is 0 Å². The predicted octanol–water partition coefficient (Wildman–Crippen LogP) is 5.11. The first-order valence-corrected chi connectivity index (χ1v) is 11.4. The number of halogens is 1. The molecule has 2 heterocycles. The Balaban J connectivity index is 1.71. The van der Waals surface area contributed by atoms with E-state index in [1.54, 1.807) is 48.7 Å². The summed E-state index contributed by atoms with van der Waals surface area (Å²) in [5.74, 6) is -0.495. The van der Waals surface area contributed by atoms with Gasteiger partial charge in [0.1, 0.15) is 22.5 Å². The summed E-state index contributed by atoms with van der Waals surface area (Å²) >= 11 is 7.47. The molecule has 4 rings (SSSR count). The number of carbonyl (C=O) groups excluding carboxylic acids is 2. The number of amides is 2. The Morgan fingerprint density at radius 2 is 1.94 bits per heavy atom. The van der Waals surface area contributed by atoms with Crippen LogP contribution in [0.5, 0.6) is 0 Å². The number of para-hydroxylation sites is 1. The number of anilines is 2. The van der Waals surface area contributed by atoms with Crippen LogP contribution in [0.25, 0.3) is 0 Å². The lowest BCUT2D eigenvalue weighted by Gasteiger charge is -2.18. The number of pyridine rings is 1. The summed E-state index contributed by atoms with van der Waals surface area (Å²) in [5.41, 5.74) is 2.30. The summed E-state index contributed by atoms with van der Waals surface area (Å²) < 4.78 is 0. The molecule has 0 bridgehead atoms. The zero-order valence-corrected chi connectivity index (χ0v) is 19.2. The van der Waals surface area contributed by atoms with Crippen LogP contribution in [0.1, 0.15) is 11.1 Å². The Labute approximate surface area is 200 Å². The van der Waals surface area contributed by atoms with E-state index in [9.17, 15) is 14.9 Å². The Morgan fingerprint density at radius 1 is 1.18 bits per heavy atom. The van der Waals surface area contributed by atoms with E-state index >= 15 is 0 Å². The van der Waals surface area contributed by atoms with Crippen LogP contribution < -0.4 is 10.2 Å². The minimum Gasteiger partial charge on any atom is -0.306 e. The molecule has 3 aromatic rings. The van der Waals surface area contributed by atoms with Crippen LogP contribution in [-0.2, 0) is 16.0 Å². The average molecular weight is 475 g/mol. The molecule has 33 heavy (non-hydrogen) atoms. The molecule has 1 atom stereocenters. The number of hydrogen-bond donors (Lipinski definition) is 1. The summed E-state index contributed by atoms with van der Waals surface area (Å²) in [6.45, 7) is 1.92. The summed E-state index contributed by atoms with van der Waals surface area (Å²) in [5, 5.41) is 12.9. The molecule has 1 aromatic heterocycles. The van der Waals surface area contributed by atoms with Crippen molar-refractivity contribution in [1.29, 1.82) is 5.26 Å². The number of nitrogens with one attached hydrogen (secondary N) is 1. The molecule has 1 saturated heterocycles. The molecule has 2 aromatic carbocycles. The van der Waals surface area contributed by atoms with E-state index < -0.39 is 11.2 Å². The molecule has 8 heteroatoms. The first kappa shape index (κ1) is 22.6. The van der Waals surface area contributed by atoms with Crippen molar-refractivity contribution in [3.8, 4) is 6.07 Å². The van der Waals surface area contributed by atoms with Gasteiger partial charge in [-0.15, -0.1) is 0 Å². The molecule has 1 N–H and O–H groups in total. The maximum absolute atomic E-state index is 13.5. The van der Waals surface area contributed by atoms with E-state index in [2.05, 4.69) is 10.3 Å². The number of carbonyl (C=O) groups is 2. The van der Waals surface area contributed by atoms with Gasteiger partial charge in [0, 0.05) is 16.9 Å². The molecule has 2 amide bonds. The third-order valence-electron chi connectivity index (χ3n) is 5.08. The molecule has 0 spiro atoms. The van der Waals surface area contributed by atoms with Crippen molar-refractivity contribution in [2.45, 2.75) is 18.6 Å². The number of aromatic nitrogens is 1. The van der Waals surface area contributed by atoms with E-state index in [1.807, 2.05) is 37.3 Å². The molecule has 164 valence electrons. The van der Waals surface area contributed by atoms with E-state index in [4.69, 9.17) is 11.6 Å². The largest absolute Gasteiger partial charge is 0.306 e. The van der Waals surface area contributed by atoms with Crippen molar-refractivity contribution in [1.82, 2.24) is 4.98 Å². The molecule has 6 nitrogen and oxygen atoms in total. The lowest BCUT2D eigenvalue weighted by Crippen LogP contribution is -2.30. The molecular formula is C25H19ClN4O2S. The van der Waals surface area contributed by atoms with Crippen molar-refractivity contribution in [3.63, 3.8) is 0 Å². The Bertz CT molecular complexity index is 1270. The summed E-state index contributed by atoms with van der Waals surface area (Å²) in [4.78, 5) is 31.9. The highest BCUT2D eigenvalue weighted by Crippen LogP contribution is 2.42. The van der Waals surface area contributed by atoms with Gasteiger partial charge in [-0.1, -0.05) is 59.8 Å². The zero-order valence-electron chi connectivity index (χ0n) is 17.7. The van der Waals surface area contributed by atoms with Crippen molar-refractivity contribution < 1.29 is 9.59 Å². The van der Waals surface area contributed by atoms with Crippen LogP contribution in [0.4, 0.5) is 11.5 Å². The first-order valence-electron chi connectivity index (χ1n) is 10.2. The summed E-state index contributed by atoms with van der Waals surface area (Å²) in [7, 11) is 0. The van der Waals surface area contributed by atoms with Crippen molar-refractivity contribution in [2.75, 3.05) is 10.2 Å². The highest BCUT2D eigenvalue weighted by atomic mass is 35.5. The molecule has 1 aliphatic rings. The Morgan fingerprint density at radius 3 is 2.61 bits per heavy atom. The van der Waals surface area contributed by atoms with Gasteiger partial charge in [0.25, 0.3) is 5.91 Å². The zero-order chi connectivity index (χ0) is 23.4. The summed E-state index contributed by atoms with van der Waals surface area (Å²) in [6, 6.07) is 21.8. The summed E-state index contributed by atoms with van der Waals surface area (Å²) in [6.07, 6.45) is 1.96. The predicted molar refractivity (Wildman–Crippen MR) is 131 cm³/mol. The standard InChI is InChI=1S/C25H19ClN4O2S/c1-16-10-11-17(13-20(16)26)14-21-24(32)30(18-7-3-2-4-8-18)25(33-21)19(15-27)23(31)29-22-9-5-6-12-28-22/h2-13,21H,14H2,1H3,(H,28,29,31). The minimum absolute atomic E-state index is 0.146. The average Bonchev–Trinajstić information content (AvgIpc) is 3.13. The lowest BCUT2D eigenvalue weighted by molar-refractivity contribution is -0.117. The van der Waals surface area contributed by atoms with Crippen LogP contribution >= 0.6 is 23.4 Å². The third-order valence-corrected chi connectivity index (χ3v) is 6.75. The second-order valence-corrected chi connectivity index (χ2v) is 8.96. The highest BCUT2D eigenvalue weighted by Gasteiger charge is 2.40. The monoisotopic (exact) mass is 474 g/mol. The second-order valence-electron chi connectivity index (χ2n) is 7.36. The number of hydrogen-bond acceptors (Lipinski definition) is 5. The fourth-order valence-corrected chi connectivity index (χ4v) is 4.90. The fraction of sp³-hybridized carbons (Fsp3) is 0.120. The smallest absolute Gasteiger partial charge is 0.270 e. The number of nitriles is 1. The van der Waals surface area contributed by atoms with Gasteiger partial charge in [-0.3, -0.25) is 14.5 Å². The molecular weight excluding hydrogens is 456 g/mol. The highest BCUT2D eigenvalue weighted by molar-refractivity contribution is 8.05. The topological polar surface area (TPSA) is 86.1 Å².